The Labute approximate surface area is 132 Å². The van der Waals surface area contributed by atoms with Gasteiger partial charge >= 0.3 is 5.97 Å². The minimum atomic E-state index is -0.688. The summed E-state index contributed by atoms with van der Waals surface area (Å²) in [6.45, 7) is 0. The number of halogens is 1. The lowest BCUT2D eigenvalue weighted by Gasteiger charge is -2.23. The van der Waals surface area contributed by atoms with E-state index in [2.05, 4.69) is 10.3 Å². The molecule has 3 rings (SSSR count). The molecule has 1 aliphatic rings. The predicted molar refractivity (Wildman–Crippen MR) is 80.6 cm³/mol. The topological polar surface area (TPSA) is 77.2 Å². The van der Waals surface area contributed by atoms with Crippen LogP contribution in [-0.2, 0) is 16.6 Å². The number of ether oxygens (including phenoxy) is 1. The monoisotopic (exact) mass is 317 g/mol. The average Bonchev–Trinajstić information content (AvgIpc) is 2.86. The zero-order valence-corrected chi connectivity index (χ0v) is 12.5. The number of carbonyl (C=O) groups is 1. The number of rotatable bonds is 3. The molecule has 7 heteroatoms. The second kappa shape index (κ2) is 6.29. The van der Waals surface area contributed by atoms with Gasteiger partial charge in [0, 0.05) is 19.0 Å². The first kappa shape index (κ1) is 15.4. The number of carbonyl (C=O) groups excluding carboxylic acids is 1. The molecule has 1 saturated heterocycles. The van der Waals surface area contributed by atoms with Gasteiger partial charge in [0.2, 0.25) is 0 Å². The molecule has 0 spiro atoms. The van der Waals surface area contributed by atoms with Gasteiger partial charge < -0.3 is 9.84 Å². The Balaban J connectivity index is 1.85. The van der Waals surface area contributed by atoms with E-state index in [1.165, 1.54) is 12.1 Å². The zero-order chi connectivity index (χ0) is 16.4. The fourth-order valence-corrected chi connectivity index (χ4v) is 2.49. The molecule has 2 heterocycles. The fraction of sp³-hybridized carbons (Fsp3) is 0.312. The molecule has 2 aromatic rings. The number of aryl methyl sites for hydroxylation is 1. The largest absolute Gasteiger partial charge is 0.458 e. The number of aromatic nitrogens is 3. The van der Waals surface area contributed by atoms with Crippen LogP contribution in [0.15, 0.2) is 30.3 Å². The molecule has 1 aromatic heterocycles. The maximum Gasteiger partial charge on any atom is 0.309 e. The van der Waals surface area contributed by atoms with Gasteiger partial charge in [0.15, 0.2) is 0 Å². The minimum absolute atomic E-state index is 0.0262. The lowest BCUT2D eigenvalue weighted by atomic mass is 10.0. The van der Waals surface area contributed by atoms with Crippen molar-refractivity contribution in [1.29, 1.82) is 0 Å². The van der Waals surface area contributed by atoms with E-state index in [4.69, 9.17) is 4.74 Å². The Hall–Kier alpha value is -2.54. The van der Waals surface area contributed by atoms with Crippen LogP contribution in [0.5, 0.6) is 0 Å². The number of hydrogen-bond acceptors (Lipinski definition) is 5. The van der Waals surface area contributed by atoms with E-state index in [1.807, 2.05) is 0 Å². The van der Waals surface area contributed by atoms with E-state index < -0.39 is 18.2 Å². The Kier molecular flexibility index (Phi) is 4.20. The summed E-state index contributed by atoms with van der Waals surface area (Å²) in [5, 5.41) is 17.7. The molecule has 23 heavy (non-hydrogen) atoms. The van der Waals surface area contributed by atoms with E-state index in [0.717, 1.165) is 5.56 Å². The summed E-state index contributed by atoms with van der Waals surface area (Å²) >= 11 is 0. The zero-order valence-electron chi connectivity index (χ0n) is 12.5. The number of hydrogen-bond donors (Lipinski definition) is 1. The summed E-state index contributed by atoms with van der Waals surface area (Å²) in [6.07, 6.45) is 2.66. The molecular formula is C16H16FN3O3. The van der Waals surface area contributed by atoms with Crippen molar-refractivity contribution in [2.75, 3.05) is 0 Å². The van der Waals surface area contributed by atoms with Gasteiger partial charge in [-0.05, 0) is 36.4 Å². The van der Waals surface area contributed by atoms with Crippen LogP contribution >= 0.6 is 0 Å². The lowest BCUT2D eigenvalue weighted by Crippen LogP contribution is -2.31. The van der Waals surface area contributed by atoms with Crippen LogP contribution < -0.4 is 0 Å². The quantitative estimate of drug-likeness (QED) is 0.872. The van der Waals surface area contributed by atoms with E-state index in [9.17, 15) is 14.3 Å². The lowest BCUT2D eigenvalue weighted by molar-refractivity contribution is -0.156. The molecular weight excluding hydrogens is 301 g/mol. The van der Waals surface area contributed by atoms with Gasteiger partial charge in [0.25, 0.3) is 0 Å². The molecule has 1 fully saturated rings. The van der Waals surface area contributed by atoms with Crippen LogP contribution in [0.3, 0.4) is 0 Å². The predicted octanol–water partition coefficient (Wildman–Crippen LogP) is 1.70. The molecule has 6 nitrogen and oxygen atoms in total. The summed E-state index contributed by atoms with van der Waals surface area (Å²) in [7, 11) is 1.74. The fourth-order valence-electron chi connectivity index (χ4n) is 2.49. The molecule has 0 amide bonds. The molecule has 1 aromatic carbocycles. The van der Waals surface area contributed by atoms with Crippen LogP contribution in [0.4, 0.5) is 4.39 Å². The van der Waals surface area contributed by atoms with Crippen molar-refractivity contribution in [3.05, 3.63) is 41.9 Å². The summed E-state index contributed by atoms with van der Waals surface area (Å²) in [4.78, 5) is 11.4. The number of cyclic esters (lactones) is 1. The third-order valence-electron chi connectivity index (χ3n) is 3.65. The van der Waals surface area contributed by atoms with Crippen molar-refractivity contribution in [2.24, 2.45) is 7.05 Å². The Morgan fingerprint density at radius 2 is 2.13 bits per heavy atom. The molecule has 120 valence electrons. The van der Waals surface area contributed by atoms with E-state index in [0.29, 0.717) is 17.8 Å². The Morgan fingerprint density at radius 3 is 2.83 bits per heavy atom. The summed E-state index contributed by atoms with van der Waals surface area (Å²) < 4.78 is 19.8. The summed E-state index contributed by atoms with van der Waals surface area (Å²) in [5.74, 6) is -0.738. The van der Waals surface area contributed by atoms with Crippen molar-refractivity contribution in [3.63, 3.8) is 0 Å². The van der Waals surface area contributed by atoms with Crippen molar-refractivity contribution in [1.82, 2.24) is 15.0 Å². The van der Waals surface area contributed by atoms with Crippen LogP contribution in [0, 0.1) is 5.82 Å². The molecule has 2 unspecified atom stereocenters. The Morgan fingerprint density at radius 1 is 1.39 bits per heavy atom. The molecule has 0 bridgehead atoms. The third-order valence-corrected chi connectivity index (χ3v) is 3.65. The average molecular weight is 317 g/mol. The smallest absolute Gasteiger partial charge is 0.309 e. The van der Waals surface area contributed by atoms with Crippen LogP contribution in [-0.4, -0.2) is 38.3 Å². The number of nitrogens with zero attached hydrogens (tertiary/aromatic N) is 3. The molecule has 1 aliphatic heterocycles. The highest BCUT2D eigenvalue weighted by Gasteiger charge is 2.25. The SMILES string of the molecule is Cn1nnc(-c2ccc(F)cc2)c1/C=C/C1CC(O)CC(=O)O1. The normalized spacial score (nSPS) is 21.6. The number of aliphatic hydroxyl groups is 1. The van der Waals surface area contributed by atoms with Crippen molar-refractivity contribution < 1.29 is 19.0 Å². The highest BCUT2D eigenvalue weighted by atomic mass is 19.1. The van der Waals surface area contributed by atoms with Crippen molar-refractivity contribution >= 4 is 12.0 Å². The van der Waals surface area contributed by atoms with Crippen molar-refractivity contribution in [2.45, 2.75) is 25.0 Å². The number of benzene rings is 1. The van der Waals surface area contributed by atoms with Gasteiger partial charge in [0.05, 0.1) is 18.2 Å². The molecule has 0 radical (unpaired) electrons. The summed E-state index contributed by atoms with van der Waals surface area (Å²) in [6, 6.07) is 5.97. The van der Waals surface area contributed by atoms with Crippen LogP contribution in [0.25, 0.3) is 17.3 Å². The highest BCUT2D eigenvalue weighted by molar-refractivity contribution is 5.72. The summed E-state index contributed by atoms with van der Waals surface area (Å²) in [5.41, 5.74) is 2.04. The van der Waals surface area contributed by atoms with E-state index >= 15 is 0 Å². The van der Waals surface area contributed by atoms with Crippen molar-refractivity contribution in [3.8, 4) is 11.3 Å². The van der Waals surface area contributed by atoms with Crippen LogP contribution in [0.1, 0.15) is 18.5 Å². The number of aliphatic hydroxyl groups excluding tert-OH is 1. The number of esters is 1. The van der Waals surface area contributed by atoms with Gasteiger partial charge in [0.1, 0.15) is 17.6 Å². The first-order valence-electron chi connectivity index (χ1n) is 7.24. The standard InChI is InChI=1S/C16H16FN3O3/c1-20-14(7-6-13-8-12(21)9-15(22)23-13)16(18-19-20)10-2-4-11(17)5-3-10/h2-7,12-13,21H,8-9H2,1H3/b7-6+. The van der Waals surface area contributed by atoms with E-state index in [1.54, 1.807) is 36.0 Å². The third kappa shape index (κ3) is 3.45. The maximum absolute atomic E-state index is 13.0. The highest BCUT2D eigenvalue weighted by Crippen LogP contribution is 2.23. The van der Waals surface area contributed by atoms with E-state index in [-0.39, 0.29) is 12.2 Å². The minimum Gasteiger partial charge on any atom is -0.458 e. The molecule has 2 atom stereocenters. The maximum atomic E-state index is 13.0. The second-order valence-electron chi connectivity index (χ2n) is 5.43. The van der Waals surface area contributed by atoms with Crippen LogP contribution in [0.2, 0.25) is 0 Å². The first-order valence-corrected chi connectivity index (χ1v) is 7.24. The molecule has 0 saturated carbocycles. The second-order valence-corrected chi connectivity index (χ2v) is 5.43. The molecule has 1 N–H and O–H groups in total. The van der Waals surface area contributed by atoms with Gasteiger partial charge in [-0.2, -0.15) is 0 Å². The first-order chi connectivity index (χ1) is 11.0. The van der Waals surface area contributed by atoms with Gasteiger partial charge in [-0.25, -0.2) is 9.07 Å². The van der Waals surface area contributed by atoms with Gasteiger partial charge in [-0.15, -0.1) is 5.10 Å². The molecule has 0 aliphatic carbocycles. The Bertz CT molecular complexity index is 740. The van der Waals surface area contributed by atoms with Gasteiger partial charge in [-0.3, -0.25) is 4.79 Å². The van der Waals surface area contributed by atoms with Gasteiger partial charge in [-0.1, -0.05) is 5.21 Å².